The zero-order valence-corrected chi connectivity index (χ0v) is 14.1. The maximum absolute atomic E-state index is 12.8. The highest BCUT2D eigenvalue weighted by Crippen LogP contribution is 2.47. The van der Waals surface area contributed by atoms with Gasteiger partial charge in [0.05, 0.1) is 11.6 Å². The van der Waals surface area contributed by atoms with E-state index in [-0.39, 0.29) is 11.9 Å². The number of likely N-dealkylation sites (N-methyl/N-ethyl adjacent to an activating group) is 1. The first kappa shape index (κ1) is 14.9. The number of aliphatic imine (C=N–C) groups is 1. The Morgan fingerprint density at radius 3 is 2.96 bits per heavy atom. The minimum atomic E-state index is -0.853. The van der Waals surface area contributed by atoms with Crippen LogP contribution in [-0.4, -0.2) is 23.8 Å². The van der Waals surface area contributed by atoms with E-state index in [2.05, 4.69) is 17.1 Å². The van der Waals surface area contributed by atoms with Gasteiger partial charge in [-0.2, -0.15) is 5.26 Å². The van der Waals surface area contributed by atoms with Gasteiger partial charge in [0.15, 0.2) is 11.5 Å². The average molecular weight is 336 g/mol. The molecule has 1 aromatic carbocycles. The van der Waals surface area contributed by atoms with Crippen molar-refractivity contribution in [3.8, 4) is 16.5 Å². The summed E-state index contributed by atoms with van der Waals surface area (Å²) in [5, 5.41) is 9.10. The van der Waals surface area contributed by atoms with Crippen molar-refractivity contribution in [2.75, 3.05) is 7.05 Å². The first-order chi connectivity index (χ1) is 11.5. The van der Waals surface area contributed by atoms with Crippen molar-refractivity contribution in [2.45, 2.75) is 24.8 Å². The zero-order valence-electron chi connectivity index (χ0n) is 13.2. The molecule has 1 aliphatic heterocycles. The van der Waals surface area contributed by atoms with Crippen molar-refractivity contribution in [1.82, 2.24) is 4.90 Å². The number of guanidine groups is 1. The summed E-state index contributed by atoms with van der Waals surface area (Å²) in [6.07, 6.45) is 2.56. The average Bonchev–Trinajstić information content (AvgIpc) is 3.13. The quantitative estimate of drug-likeness (QED) is 0.869. The molecule has 2 aromatic rings. The Kier molecular flexibility index (Phi) is 3.22. The molecule has 0 fully saturated rings. The van der Waals surface area contributed by atoms with E-state index < -0.39 is 5.54 Å². The lowest BCUT2D eigenvalue weighted by Gasteiger charge is -2.29. The van der Waals surface area contributed by atoms with E-state index in [1.54, 1.807) is 24.5 Å². The molecule has 0 bridgehead atoms. The SMILES string of the molecule is CN1C(=O)C2(CCCc3sc(-c4cccc(C#N)c4)cc32)N=C1N. The van der Waals surface area contributed by atoms with Gasteiger partial charge in [0.1, 0.15) is 0 Å². The Balaban J connectivity index is 1.85. The second kappa shape index (κ2) is 5.18. The van der Waals surface area contributed by atoms with Gasteiger partial charge >= 0.3 is 0 Å². The molecule has 1 spiro atoms. The van der Waals surface area contributed by atoms with Crippen molar-refractivity contribution in [2.24, 2.45) is 10.7 Å². The van der Waals surface area contributed by atoms with Crippen molar-refractivity contribution in [1.29, 1.82) is 5.26 Å². The lowest BCUT2D eigenvalue weighted by molar-refractivity contribution is -0.131. The molecule has 0 radical (unpaired) electrons. The molecule has 2 aliphatic rings. The Morgan fingerprint density at radius 1 is 1.42 bits per heavy atom. The topological polar surface area (TPSA) is 82.5 Å². The third kappa shape index (κ3) is 1.98. The second-order valence-electron chi connectivity index (χ2n) is 6.19. The van der Waals surface area contributed by atoms with E-state index in [4.69, 9.17) is 11.0 Å². The fourth-order valence-corrected chi connectivity index (χ4v) is 4.80. The summed E-state index contributed by atoms with van der Waals surface area (Å²) in [6, 6.07) is 11.8. The van der Waals surface area contributed by atoms with Gasteiger partial charge in [-0.25, -0.2) is 4.99 Å². The van der Waals surface area contributed by atoms with Crippen LogP contribution < -0.4 is 5.73 Å². The monoisotopic (exact) mass is 336 g/mol. The van der Waals surface area contributed by atoms with Crippen LogP contribution in [0.2, 0.25) is 0 Å². The van der Waals surface area contributed by atoms with Gasteiger partial charge in [0, 0.05) is 22.4 Å². The molecular weight excluding hydrogens is 320 g/mol. The normalized spacial score (nSPS) is 22.4. The molecule has 24 heavy (non-hydrogen) atoms. The molecule has 2 N–H and O–H groups in total. The van der Waals surface area contributed by atoms with Crippen LogP contribution in [-0.2, 0) is 16.8 Å². The van der Waals surface area contributed by atoms with E-state index in [0.29, 0.717) is 12.0 Å². The van der Waals surface area contributed by atoms with Crippen LogP contribution in [0.1, 0.15) is 28.8 Å². The number of nitrogens with two attached hydrogens (primary N) is 1. The van der Waals surface area contributed by atoms with Crippen LogP contribution in [0, 0.1) is 11.3 Å². The third-order valence-electron chi connectivity index (χ3n) is 4.78. The molecule has 5 nitrogen and oxygen atoms in total. The number of carbonyl (C=O) groups is 1. The Hall–Kier alpha value is -2.65. The molecular formula is C18H16N4OS. The molecule has 1 amide bonds. The van der Waals surface area contributed by atoms with E-state index in [1.807, 2.05) is 18.2 Å². The number of carbonyl (C=O) groups excluding carboxylic acids is 1. The number of fused-ring (bicyclic) bond motifs is 2. The Labute approximate surface area is 144 Å². The smallest absolute Gasteiger partial charge is 0.261 e. The van der Waals surface area contributed by atoms with Crippen LogP contribution in [0.5, 0.6) is 0 Å². The number of nitrogens with zero attached hydrogens (tertiary/aromatic N) is 3. The highest BCUT2D eigenvalue weighted by atomic mass is 32.1. The second-order valence-corrected chi connectivity index (χ2v) is 7.32. The van der Waals surface area contributed by atoms with Gasteiger partial charge in [0.2, 0.25) is 0 Å². The number of nitriles is 1. The molecule has 0 saturated carbocycles. The standard InChI is InChI=1S/C18H16N4OS/c1-22-16(23)18(21-17(22)20)7-3-6-14-13(18)9-15(24-14)12-5-2-4-11(8-12)10-19/h2,4-5,8-9H,3,6-7H2,1H3,(H2,20,21). The molecule has 120 valence electrons. The molecule has 1 atom stereocenters. The lowest BCUT2D eigenvalue weighted by Crippen LogP contribution is -2.41. The summed E-state index contributed by atoms with van der Waals surface area (Å²) < 4.78 is 0. The summed E-state index contributed by atoms with van der Waals surface area (Å²) in [5.41, 5.74) is 7.67. The Bertz CT molecular complexity index is 923. The fraction of sp³-hybridized carbons (Fsp3) is 0.278. The van der Waals surface area contributed by atoms with Gasteiger partial charge in [-0.05, 0) is 43.0 Å². The van der Waals surface area contributed by atoms with Crippen LogP contribution in [0.4, 0.5) is 0 Å². The number of amides is 1. The van der Waals surface area contributed by atoms with Gasteiger partial charge in [-0.15, -0.1) is 11.3 Å². The fourth-order valence-electron chi connectivity index (χ4n) is 3.53. The maximum atomic E-state index is 12.8. The number of aryl methyl sites for hydroxylation is 1. The minimum Gasteiger partial charge on any atom is -0.369 e. The van der Waals surface area contributed by atoms with Crippen molar-refractivity contribution < 1.29 is 4.79 Å². The summed E-state index contributed by atoms with van der Waals surface area (Å²) in [4.78, 5) is 21.0. The first-order valence-electron chi connectivity index (χ1n) is 7.82. The molecule has 0 saturated heterocycles. The van der Waals surface area contributed by atoms with Crippen LogP contribution in [0.15, 0.2) is 35.3 Å². The largest absolute Gasteiger partial charge is 0.369 e. The molecule has 6 heteroatoms. The van der Waals surface area contributed by atoms with E-state index in [9.17, 15) is 4.79 Å². The predicted molar refractivity (Wildman–Crippen MR) is 93.5 cm³/mol. The molecule has 1 aliphatic carbocycles. The highest BCUT2D eigenvalue weighted by Gasteiger charge is 2.50. The summed E-state index contributed by atoms with van der Waals surface area (Å²) in [6.45, 7) is 0. The van der Waals surface area contributed by atoms with Gasteiger partial charge in [-0.3, -0.25) is 9.69 Å². The summed E-state index contributed by atoms with van der Waals surface area (Å²) in [5.74, 6) is 0.239. The van der Waals surface area contributed by atoms with Crippen LogP contribution >= 0.6 is 11.3 Å². The maximum Gasteiger partial charge on any atom is 0.261 e. The summed E-state index contributed by atoms with van der Waals surface area (Å²) in [7, 11) is 1.67. The number of hydrogen-bond donors (Lipinski definition) is 1. The first-order valence-corrected chi connectivity index (χ1v) is 8.64. The molecule has 1 aromatic heterocycles. The number of thiophene rings is 1. The van der Waals surface area contributed by atoms with Gasteiger partial charge < -0.3 is 5.73 Å². The van der Waals surface area contributed by atoms with Crippen molar-refractivity contribution in [3.05, 3.63) is 46.3 Å². The van der Waals surface area contributed by atoms with E-state index >= 15 is 0 Å². The van der Waals surface area contributed by atoms with Gasteiger partial charge in [-0.1, -0.05) is 12.1 Å². The zero-order chi connectivity index (χ0) is 16.9. The lowest BCUT2D eigenvalue weighted by atomic mass is 9.80. The highest BCUT2D eigenvalue weighted by molar-refractivity contribution is 7.15. The third-order valence-corrected chi connectivity index (χ3v) is 6.02. The van der Waals surface area contributed by atoms with Crippen LogP contribution in [0.3, 0.4) is 0 Å². The van der Waals surface area contributed by atoms with Crippen molar-refractivity contribution >= 4 is 23.2 Å². The minimum absolute atomic E-state index is 0.0453. The summed E-state index contributed by atoms with van der Waals surface area (Å²) >= 11 is 1.68. The van der Waals surface area contributed by atoms with E-state index in [0.717, 1.165) is 28.8 Å². The Morgan fingerprint density at radius 2 is 2.25 bits per heavy atom. The predicted octanol–water partition coefficient (Wildman–Crippen LogP) is 2.61. The van der Waals surface area contributed by atoms with E-state index in [1.165, 1.54) is 9.78 Å². The molecule has 2 heterocycles. The van der Waals surface area contributed by atoms with Crippen molar-refractivity contribution in [3.63, 3.8) is 0 Å². The van der Waals surface area contributed by atoms with Gasteiger partial charge in [0.25, 0.3) is 5.91 Å². The number of rotatable bonds is 1. The molecule has 4 rings (SSSR count). The molecule has 1 unspecified atom stereocenters. The van der Waals surface area contributed by atoms with Crippen LogP contribution in [0.25, 0.3) is 10.4 Å². The number of benzene rings is 1. The number of hydrogen-bond acceptors (Lipinski definition) is 5.